The van der Waals surface area contributed by atoms with E-state index in [-0.39, 0.29) is 12.6 Å². The van der Waals surface area contributed by atoms with Gasteiger partial charge < -0.3 is 15.3 Å². The van der Waals surface area contributed by atoms with Crippen LogP contribution in [0.15, 0.2) is 12.3 Å². The van der Waals surface area contributed by atoms with Gasteiger partial charge >= 0.3 is 12.0 Å². The van der Waals surface area contributed by atoms with Crippen LogP contribution in [-0.4, -0.2) is 45.1 Å². The summed E-state index contributed by atoms with van der Waals surface area (Å²) in [5.41, 5.74) is 0.734. The van der Waals surface area contributed by atoms with Crippen molar-refractivity contribution >= 4 is 12.0 Å². The van der Waals surface area contributed by atoms with Gasteiger partial charge in [0.05, 0.1) is 18.2 Å². The predicted octanol–water partition coefficient (Wildman–Crippen LogP) is 0.791. The fraction of sp³-hybridized carbons (Fsp3) is 0.538. The second-order valence-corrected chi connectivity index (χ2v) is 4.88. The molecular formula is C13H18N4O3. The number of urea groups is 1. The molecule has 1 aliphatic rings. The van der Waals surface area contributed by atoms with Crippen LogP contribution in [0, 0.1) is 12.8 Å². The van der Waals surface area contributed by atoms with Crippen molar-refractivity contribution in [1.82, 2.24) is 20.2 Å². The molecule has 0 spiro atoms. The van der Waals surface area contributed by atoms with E-state index in [1.54, 1.807) is 24.1 Å². The van der Waals surface area contributed by atoms with Gasteiger partial charge in [0.1, 0.15) is 5.82 Å². The Balaban J connectivity index is 1.87. The van der Waals surface area contributed by atoms with Crippen LogP contribution < -0.4 is 5.32 Å². The third kappa shape index (κ3) is 3.66. The molecule has 1 fully saturated rings. The van der Waals surface area contributed by atoms with Crippen molar-refractivity contribution in [1.29, 1.82) is 0 Å². The Morgan fingerprint density at radius 3 is 3.05 bits per heavy atom. The summed E-state index contributed by atoms with van der Waals surface area (Å²) in [6, 6.07) is 1.50. The van der Waals surface area contributed by atoms with Gasteiger partial charge in [-0.05, 0) is 25.8 Å². The number of hydrogen-bond donors (Lipinski definition) is 2. The zero-order valence-electron chi connectivity index (χ0n) is 11.4. The summed E-state index contributed by atoms with van der Waals surface area (Å²) in [5, 5.41) is 11.8. The fourth-order valence-electron chi connectivity index (χ4n) is 2.24. The Labute approximate surface area is 117 Å². The van der Waals surface area contributed by atoms with E-state index in [9.17, 15) is 9.59 Å². The summed E-state index contributed by atoms with van der Waals surface area (Å²) in [4.78, 5) is 32.7. The number of aliphatic carboxylic acids is 1. The first kappa shape index (κ1) is 14.2. The minimum Gasteiger partial charge on any atom is -0.481 e. The number of piperidine rings is 1. The number of carbonyl (C=O) groups excluding carboxylic acids is 1. The van der Waals surface area contributed by atoms with Gasteiger partial charge in [0, 0.05) is 19.3 Å². The number of amides is 2. The highest BCUT2D eigenvalue weighted by atomic mass is 16.4. The van der Waals surface area contributed by atoms with E-state index in [0.717, 1.165) is 12.1 Å². The van der Waals surface area contributed by atoms with Crippen LogP contribution in [0.4, 0.5) is 4.79 Å². The molecule has 2 N–H and O–H groups in total. The summed E-state index contributed by atoms with van der Waals surface area (Å²) < 4.78 is 0. The van der Waals surface area contributed by atoms with E-state index in [0.29, 0.717) is 25.3 Å². The molecule has 20 heavy (non-hydrogen) atoms. The number of rotatable bonds is 3. The van der Waals surface area contributed by atoms with Crippen molar-refractivity contribution in [2.75, 3.05) is 13.1 Å². The number of carbonyl (C=O) groups is 2. The molecule has 0 unspecified atom stereocenters. The fourth-order valence-corrected chi connectivity index (χ4v) is 2.24. The maximum absolute atomic E-state index is 12.0. The van der Waals surface area contributed by atoms with Crippen molar-refractivity contribution in [3.05, 3.63) is 23.8 Å². The number of aryl methyl sites for hydroxylation is 1. The minimum atomic E-state index is -0.839. The molecule has 2 heterocycles. The third-order valence-electron chi connectivity index (χ3n) is 3.31. The standard InChI is InChI=1S/C13H18N4O3/c1-9-14-5-4-11(16-9)7-15-13(20)17-6-2-3-10(8-17)12(18)19/h4-5,10H,2-3,6-8H2,1H3,(H,15,20)(H,18,19)/t10-/m0/s1. The second-order valence-electron chi connectivity index (χ2n) is 4.88. The summed E-state index contributed by atoms with van der Waals surface area (Å²) in [5.74, 6) is -0.648. The SMILES string of the molecule is Cc1nccc(CNC(=O)N2CCC[C@H](C(=O)O)C2)n1. The van der Waals surface area contributed by atoms with E-state index < -0.39 is 11.9 Å². The first-order valence-corrected chi connectivity index (χ1v) is 6.60. The maximum atomic E-state index is 12.0. The second kappa shape index (κ2) is 6.31. The van der Waals surface area contributed by atoms with Gasteiger partial charge in [0.25, 0.3) is 0 Å². The molecule has 1 aliphatic heterocycles. The van der Waals surface area contributed by atoms with Crippen LogP contribution in [0.2, 0.25) is 0 Å². The van der Waals surface area contributed by atoms with Crippen molar-refractivity contribution in [2.45, 2.75) is 26.3 Å². The quantitative estimate of drug-likeness (QED) is 0.852. The van der Waals surface area contributed by atoms with Crippen molar-refractivity contribution in [3.8, 4) is 0 Å². The predicted molar refractivity (Wildman–Crippen MR) is 70.9 cm³/mol. The molecule has 1 aromatic rings. The molecule has 1 saturated heterocycles. The Morgan fingerprint density at radius 1 is 1.55 bits per heavy atom. The molecule has 1 atom stereocenters. The number of likely N-dealkylation sites (tertiary alicyclic amines) is 1. The lowest BCUT2D eigenvalue weighted by Gasteiger charge is -2.30. The smallest absolute Gasteiger partial charge is 0.317 e. The van der Waals surface area contributed by atoms with E-state index in [2.05, 4.69) is 15.3 Å². The van der Waals surface area contributed by atoms with Gasteiger partial charge in [0.2, 0.25) is 0 Å². The van der Waals surface area contributed by atoms with E-state index in [1.165, 1.54) is 0 Å². The first-order chi connectivity index (χ1) is 9.56. The first-order valence-electron chi connectivity index (χ1n) is 6.60. The number of nitrogens with zero attached hydrogens (tertiary/aromatic N) is 3. The number of carboxylic acid groups (broad SMARTS) is 1. The lowest BCUT2D eigenvalue weighted by atomic mass is 9.99. The highest BCUT2D eigenvalue weighted by Gasteiger charge is 2.27. The van der Waals surface area contributed by atoms with Crippen LogP contribution in [0.3, 0.4) is 0 Å². The van der Waals surface area contributed by atoms with Gasteiger partial charge in [-0.2, -0.15) is 0 Å². The summed E-state index contributed by atoms with van der Waals surface area (Å²) in [6.07, 6.45) is 2.99. The Kier molecular flexibility index (Phi) is 4.49. The van der Waals surface area contributed by atoms with E-state index in [4.69, 9.17) is 5.11 Å². The molecule has 108 valence electrons. The maximum Gasteiger partial charge on any atom is 0.317 e. The number of carboxylic acids is 1. The molecule has 0 aromatic carbocycles. The molecule has 0 bridgehead atoms. The lowest BCUT2D eigenvalue weighted by molar-refractivity contribution is -0.143. The van der Waals surface area contributed by atoms with Gasteiger partial charge in [-0.3, -0.25) is 4.79 Å². The highest BCUT2D eigenvalue weighted by Crippen LogP contribution is 2.16. The van der Waals surface area contributed by atoms with Gasteiger partial charge in [-0.1, -0.05) is 0 Å². The van der Waals surface area contributed by atoms with Crippen molar-refractivity contribution in [2.24, 2.45) is 5.92 Å². The number of nitrogens with one attached hydrogen (secondary N) is 1. The van der Waals surface area contributed by atoms with Crippen molar-refractivity contribution < 1.29 is 14.7 Å². The minimum absolute atomic E-state index is 0.243. The van der Waals surface area contributed by atoms with Crippen LogP contribution in [0.25, 0.3) is 0 Å². The molecular weight excluding hydrogens is 260 g/mol. The van der Waals surface area contributed by atoms with Crippen LogP contribution >= 0.6 is 0 Å². The highest BCUT2D eigenvalue weighted by molar-refractivity contribution is 5.76. The molecule has 2 amide bonds. The van der Waals surface area contributed by atoms with Gasteiger partial charge in [0.15, 0.2) is 0 Å². The largest absolute Gasteiger partial charge is 0.481 e. The Morgan fingerprint density at radius 2 is 2.35 bits per heavy atom. The number of hydrogen-bond acceptors (Lipinski definition) is 4. The zero-order chi connectivity index (χ0) is 14.5. The third-order valence-corrected chi connectivity index (χ3v) is 3.31. The number of aromatic nitrogens is 2. The monoisotopic (exact) mass is 278 g/mol. The Hall–Kier alpha value is -2.18. The van der Waals surface area contributed by atoms with Gasteiger partial charge in [-0.25, -0.2) is 14.8 Å². The molecule has 7 heteroatoms. The molecule has 2 rings (SSSR count). The average molecular weight is 278 g/mol. The van der Waals surface area contributed by atoms with Gasteiger partial charge in [-0.15, -0.1) is 0 Å². The summed E-state index contributed by atoms with van der Waals surface area (Å²) in [6.45, 7) is 2.96. The molecule has 0 aliphatic carbocycles. The average Bonchev–Trinajstić information content (AvgIpc) is 2.45. The Bertz CT molecular complexity index is 506. The van der Waals surface area contributed by atoms with E-state index >= 15 is 0 Å². The normalized spacial score (nSPS) is 18.6. The van der Waals surface area contributed by atoms with Crippen molar-refractivity contribution in [3.63, 3.8) is 0 Å². The molecule has 7 nitrogen and oxygen atoms in total. The molecule has 1 aromatic heterocycles. The topological polar surface area (TPSA) is 95.4 Å². The molecule has 0 radical (unpaired) electrons. The summed E-state index contributed by atoms with van der Waals surface area (Å²) >= 11 is 0. The lowest BCUT2D eigenvalue weighted by Crippen LogP contribution is -2.46. The molecule has 0 saturated carbocycles. The van der Waals surface area contributed by atoms with E-state index in [1.807, 2.05) is 0 Å². The zero-order valence-corrected chi connectivity index (χ0v) is 11.4. The summed E-state index contributed by atoms with van der Waals surface area (Å²) in [7, 11) is 0. The van der Waals surface area contributed by atoms with Crippen LogP contribution in [0.1, 0.15) is 24.4 Å². The van der Waals surface area contributed by atoms with Crippen LogP contribution in [0.5, 0.6) is 0 Å². The van der Waals surface area contributed by atoms with Crippen LogP contribution in [-0.2, 0) is 11.3 Å².